The van der Waals surface area contributed by atoms with E-state index >= 15 is 0 Å². The van der Waals surface area contributed by atoms with Gasteiger partial charge >= 0.3 is 5.97 Å². The highest BCUT2D eigenvalue weighted by Crippen LogP contribution is 2.30. The van der Waals surface area contributed by atoms with Crippen LogP contribution in [0.3, 0.4) is 0 Å². The SMILES string of the molecule is N#CC(=C(O)COC(=O)C=Cc1cn(-c2ccccc2)nc1-c1cc2ccccc2o1)c1nc2ccccc2[nH]1. The number of aromatic nitrogens is 4. The Morgan fingerprint density at radius 3 is 2.65 bits per heavy atom. The van der Waals surface area contributed by atoms with Gasteiger partial charge < -0.3 is 19.2 Å². The molecule has 0 bridgehead atoms. The molecular formula is C31H21N5O4. The molecule has 3 aromatic heterocycles. The average molecular weight is 528 g/mol. The zero-order valence-electron chi connectivity index (χ0n) is 21.0. The van der Waals surface area contributed by atoms with E-state index < -0.39 is 18.3 Å². The van der Waals surface area contributed by atoms with Gasteiger partial charge in [-0.05, 0) is 42.5 Å². The summed E-state index contributed by atoms with van der Waals surface area (Å²) in [5.41, 5.74) is 3.99. The van der Waals surface area contributed by atoms with Crippen molar-refractivity contribution in [2.75, 3.05) is 6.61 Å². The van der Waals surface area contributed by atoms with Crippen LogP contribution in [0.15, 0.2) is 107 Å². The van der Waals surface area contributed by atoms with Crippen LogP contribution < -0.4 is 0 Å². The molecule has 2 N–H and O–H groups in total. The molecule has 0 atom stereocenters. The van der Waals surface area contributed by atoms with E-state index in [4.69, 9.17) is 14.3 Å². The quantitative estimate of drug-likeness (QED) is 0.109. The topological polar surface area (TPSA) is 130 Å². The number of hydrogen-bond acceptors (Lipinski definition) is 7. The van der Waals surface area contributed by atoms with Crippen molar-refractivity contribution >= 4 is 39.6 Å². The Bertz CT molecular complexity index is 1890. The summed E-state index contributed by atoms with van der Waals surface area (Å²) in [4.78, 5) is 19.9. The molecule has 0 spiro atoms. The Kier molecular flexibility index (Phi) is 6.40. The van der Waals surface area contributed by atoms with E-state index in [-0.39, 0.29) is 11.4 Å². The van der Waals surface area contributed by atoms with Gasteiger partial charge in [0.05, 0.1) is 16.7 Å². The van der Waals surface area contributed by atoms with E-state index in [1.807, 2.05) is 84.9 Å². The van der Waals surface area contributed by atoms with Crippen molar-refractivity contribution in [3.63, 3.8) is 0 Å². The maximum Gasteiger partial charge on any atom is 0.331 e. The molecule has 0 radical (unpaired) electrons. The summed E-state index contributed by atoms with van der Waals surface area (Å²) in [5.74, 6) is -0.384. The Labute approximate surface area is 227 Å². The maximum absolute atomic E-state index is 12.6. The molecule has 9 nitrogen and oxygen atoms in total. The van der Waals surface area contributed by atoms with Crippen molar-refractivity contribution in [3.8, 4) is 23.2 Å². The van der Waals surface area contributed by atoms with E-state index in [2.05, 4.69) is 9.97 Å². The maximum atomic E-state index is 12.6. The van der Waals surface area contributed by atoms with Crippen molar-refractivity contribution in [1.82, 2.24) is 19.7 Å². The molecule has 0 saturated carbocycles. The number of para-hydroxylation sites is 4. The van der Waals surface area contributed by atoms with Gasteiger partial charge in [0.15, 0.2) is 17.3 Å². The lowest BCUT2D eigenvalue weighted by Crippen LogP contribution is -2.06. The molecule has 0 amide bonds. The number of rotatable bonds is 7. The first-order chi connectivity index (χ1) is 19.6. The fourth-order valence-corrected chi connectivity index (χ4v) is 4.26. The second-order valence-electron chi connectivity index (χ2n) is 8.84. The number of aromatic amines is 1. The largest absolute Gasteiger partial charge is 0.507 e. The smallest absolute Gasteiger partial charge is 0.331 e. The number of ether oxygens (including phenoxy) is 1. The van der Waals surface area contributed by atoms with Crippen molar-refractivity contribution < 1.29 is 19.1 Å². The molecule has 0 aliphatic carbocycles. The highest BCUT2D eigenvalue weighted by Gasteiger charge is 2.17. The van der Waals surface area contributed by atoms with E-state index in [9.17, 15) is 15.2 Å². The van der Waals surface area contributed by atoms with Gasteiger partial charge in [-0.3, -0.25) is 0 Å². The van der Waals surface area contributed by atoms with Gasteiger partial charge in [-0.15, -0.1) is 0 Å². The number of allylic oxidation sites excluding steroid dienone is 1. The Morgan fingerprint density at radius 1 is 1.07 bits per heavy atom. The van der Waals surface area contributed by atoms with Crippen LogP contribution in [0.2, 0.25) is 0 Å². The van der Waals surface area contributed by atoms with E-state index in [0.29, 0.717) is 28.1 Å². The summed E-state index contributed by atoms with van der Waals surface area (Å²) in [7, 11) is 0. The first kappa shape index (κ1) is 24.5. The number of esters is 1. The van der Waals surface area contributed by atoms with Crippen LogP contribution in [-0.2, 0) is 9.53 Å². The number of fused-ring (bicyclic) bond motifs is 2. The first-order valence-electron chi connectivity index (χ1n) is 12.4. The molecule has 3 heterocycles. The van der Waals surface area contributed by atoms with Gasteiger partial charge in [-0.25, -0.2) is 14.5 Å². The van der Waals surface area contributed by atoms with Gasteiger partial charge in [0.25, 0.3) is 0 Å². The van der Waals surface area contributed by atoms with Gasteiger partial charge in [0.2, 0.25) is 0 Å². The number of carbonyl (C=O) groups is 1. The number of nitrogens with zero attached hydrogens (tertiary/aromatic N) is 4. The number of aliphatic hydroxyl groups excluding tert-OH is 1. The number of hydrogen-bond donors (Lipinski definition) is 2. The minimum Gasteiger partial charge on any atom is -0.507 e. The minimum absolute atomic E-state index is 0.107. The summed E-state index contributed by atoms with van der Waals surface area (Å²) in [6.45, 7) is -0.497. The number of imidazole rings is 1. The molecule has 0 fully saturated rings. The van der Waals surface area contributed by atoms with Crippen molar-refractivity contribution in [3.05, 3.63) is 114 Å². The van der Waals surface area contributed by atoms with Crippen LogP contribution >= 0.6 is 0 Å². The lowest BCUT2D eigenvalue weighted by atomic mass is 10.2. The van der Waals surface area contributed by atoms with Gasteiger partial charge in [0.1, 0.15) is 29.5 Å². The zero-order chi connectivity index (χ0) is 27.5. The number of carbonyl (C=O) groups excluding carboxylic acids is 1. The molecule has 0 aliphatic heterocycles. The Hall–Kier alpha value is -5.88. The van der Waals surface area contributed by atoms with Crippen LogP contribution in [0.1, 0.15) is 11.4 Å². The number of aliphatic hydroxyl groups is 1. The van der Waals surface area contributed by atoms with E-state index in [1.54, 1.807) is 23.0 Å². The molecule has 194 valence electrons. The molecule has 0 aliphatic rings. The van der Waals surface area contributed by atoms with Crippen LogP contribution in [0.5, 0.6) is 0 Å². The predicted octanol–water partition coefficient (Wildman–Crippen LogP) is 6.21. The third kappa shape index (κ3) is 4.85. The number of nitrogens with one attached hydrogen (secondary N) is 1. The standard InChI is InChI=1S/C31H21N5O4/c32-17-23(31-33-24-11-5-6-12-25(24)34-31)26(37)19-39-29(38)15-14-21-18-36(22-9-2-1-3-10-22)35-30(21)28-16-20-8-4-7-13-27(20)40-28/h1-16,18,37H,19H2,(H,33,34). The fourth-order valence-electron chi connectivity index (χ4n) is 4.26. The minimum atomic E-state index is -0.712. The molecule has 40 heavy (non-hydrogen) atoms. The number of benzene rings is 3. The lowest BCUT2D eigenvalue weighted by molar-refractivity contribution is -0.137. The molecular weight excluding hydrogens is 506 g/mol. The normalized spacial score (nSPS) is 12.1. The van der Waals surface area contributed by atoms with Crippen LogP contribution in [-0.4, -0.2) is 37.4 Å². The third-order valence-corrected chi connectivity index (χ3v) is 6.20. The molecule has 0 saturated heterocycles. The zero-order valence-corrected chi connectivity index (χ0v) is 21.0. The number of furan rings is 1. The summed E-state index contributed by atoms with van der Waals surface area (Å²) in [6, 6.07) is 28.3. The van der Waals surface area contributed by atoms with Gasteiger partial charge in [-0.1, -0.05) is 48.5 Å². The molecule has 3 aromatic carbocycles. The highest BCUT2D eigenvalue weighted by atomic mass is 16.5. The van der Waals surface area contributed by atoms with Gasteiger partial charge in [-0.2, -0.15) is 10.4 Å². The van der Waals surface area contributed by atoms with E-state index in [1.165, 1.54) is 6.08 Å². The molecule has 6 aromatic rings. The molecule has 0 unspecified atom stereocenters. The number of nitriles is 1. The molecule has 6 rings (SSSR count). The predicted molar refractivity (Wildman–Crippen MR) is 150 cm³/mol. The third-order valence-electron chi connectivity index (χ3n) is 6.20. The summed E-state index contributed by atoms with van der Waals surface area (Å²) < 4.78 is 12.9. The van der Waals surface area contributed by atoms with E-state index in [0.717, 1.165) is 16.7 Å². The summed E-state index contributed by atoms with van der Waals surface area (Å²) in [6.07, 6.45) is 4.59. The van der Waals surface area contributed by atoms with Gasteiger partial charge in [0, 0.05) is 23.2 Å². The molecule has 9 heteroatoms. The van der Waals surface area contributed by atoms with Crippen LogP contribution in [0, 0.1) is 11.3 Å². The fraction of sp³-hybridized carbons (Fsp3) is 0.0323. The van der Waals surface area contributed by atoms with Crippen molar-refractivity contribution in [2.45, 2.75) is 0 Å². The van der Waals surface area contributed by atoms with Crippen molar-refractivity contribution in [2.24, 2.45) is 0 Å². The Morgan fingerprint density at radius 2 is 1.85 bits per heavy atom. The lowest BCUT2D eigenvalue weighted by Gasteiger charge is -2.03. The summed E-state index contributed by atoms with van der Waals surface area (Å²) in [5, 5.41) is 25.7. The highest BCUT2D eigenvalue weighted by molar-refractivity contribution is 5.90. The monoisotopic (exact) mass is 527 g/mol. The first-order valence-corrected chi connectivity index (χ1v) is 12.4. The Balaban J connectivity index is 1.24. The second kappa shape index (κ2) is 10.5. The van der Waals surface area contributed by atoms with Crippen LogP contribution in [0.25, 0.3) is 50.8 Å². The second-order valence-corrected chi connectivity index (χ2v) is 8.84. The van der Waals surface area contributed by atoms with Crippen molar-refractivity contribution in [1.29, 1.82) is 5.26 Å². The summed E-state index contributed by atoms with van der Waals surface area (Å²) >= 11 is 0. The number of H-pyrrole nitrogens is 1. The average Bonchev–Trinajstić information content (AvgIpc) is 3.72. The van der Waals surface area contributed by atoms with Crippen LogP contribution in [0.4, 0.5) is 0 Å².